The number of pyridine rings is 1. The molecule has 0 saturated carbocycles. The summed E-state index contributed by atoms with van der Waals surface area (Å²) in [6, 6.07) is 10.7. The minimum Gasteiger partial charge on any atom is -0.481 e. The van der Waals surface area contributed by atoms with Crippen LogP contribution in [0.1, 0.15) is 30.4 Å². The Bertz CT molecular complexity index is 1020. The molecule has 1 aromatic carbocycles. The van der Waals surface area contributed by atoms with Crippen LogP contribution in [0.3, 0.4) is 0 Å². The van der Waals surface area contributed by atoms with Gasteiger partial charge in [-0.15, -0.1) is 0 Å². The lowest BCUT2D eigenvalue weighted by Gasteiger charge is -2.36. The molecular formula is C22H30N4O4S. The largest absolute Gasteiger partial charge is 0.481 e. The van der Waals surface area contributed by atoms with E-state index in [1.807, 2.05) is 19.1 Å². The van der Waals surface area contributed by atoms with E-state index in [0.717, 1.165) is 43.1 Å². The number of nitrogens with zero attached hydrogens (tertiary/aromatic N) is 4. The van der Waals surface area contributed by atoms with Crippen molar-refractivity contribution in [2.75, 3.05) is 45.2 Å². The topological polar surface area (TPSA) is 94.0 Å². The molecule has 31 heavy (non-hydrogen) atoms. The van der Waals surface area contributed by atoms with Crippen LogP contribution in [0.5, 0.6) is 0 Å². The Morgan fingerprint density at radius 1 is 1.16 bits per heavy atom. The van der Waals surface area contributed by atoms with Gasteiger partial charge in [0.1, 0.15) is 5.82 Å². The SMILES string of the molecule is CCC(C(=O)O)c1cccnc1N1CCN(Cc2cccc(S(=O)(=O)N(C)C)c2)CC1. The first-order valence-electron chi connectivity index (χ1n) is 10.4. The predicted molar refractivity (Wildman–Crippen MR) is 120 cm³/mol. The molecule has 0 amide bonds. The van der Waals surface area contributed by atoms with E-state index in [1.165, 1.54) is 18.4 Å². The van der Waals surface area contributed by atoms with Gasteiger partial charge in [0.2, 0.25) is 10.0 Å². The molecule has 0 radical (unpaired) electrons. The normalized spacial score (nSPS) is 16.5. The number of hydrogen-bond donors (Lipinski definition) is 1. The standard InChI is InChI=1S/C22H30N4O4S/c1-4-19(22(27)28)20-9-6-10-23-21(20)26-13-11-25(12-14-26)16-17-7-5-8-18(15-17)31(29,30)24(2)3/h5-10,15,19H,4,11-14,16H2,1-3H3,(H,27,28). The Labute approximate surface area is 184 Å². The summed E-state index contributed by atoms with van der Waals surface area (Å²) >= 11 is 0. The molecule has 0 spiro atoms. The number of benzene rings is 1. The molecule has 1 atom stereocenters. The zero-order valence-corrected chi connectivity index (χ0v) is 19.0. The number of carbonyl (C=O) groups is 1. The van der Waals surface area contributed by atoms with Gasteiger partial charge in [-0.25, -0.2) is 17.7 Å². The minimum atomic E-state index is -3.46. The fraction of sp³-hybridized carbons (Fsp3) is 0.455. The summed E-state index contributed by atoms with van der Waals surface area (Å²) in [7, 11) is -0.401. The first kappa shape index (κ1) is 23.2. The Morgan fingerprint density at radius 2 is 1.87 bits per heavy atom. The van der Waals surface area contributed by atoms with E-state index in [0.29, 0.717) is 17.9 Å². The van der Waals surface area contributed by atoms with Crippen LogP contribution in [0.15, 0.2) is 47.5 Å². The van der Waals surface area contributed by atoms with Gasteiger partial charge in [-0.1, -0.05) is 25.1 Å². The lowest BCUT2D eigenvalue weighted by Crippen LogP contribution is -2.46. The average molecular weight is 447 g/mol. The zero-order chi connectivity index (χ0) is 22.6. The highest BCUT2D eigenvalue weighted by molar-refractivity contribution is 7.89. The molecule has 0 aliphatic carbocycles. The number of aliphatic carboxylic acids is 1. The minimum absolute atomic E-state index is 0.297. The van der Waals surface area contributed by atoms with Crippen LogP contribution in [-0.4, -0.2) is 74.0 Å². The zero-order valence-electron chi connectivity index (χ0n) is 18.2. The molecule has 2 heterocycles. The molecule has 1 fully saturated rings. The summed E-state index contributed by atoms with van der Waals surface area (Å²) < 4.78 is 26.0. The van der Waals surface area contributed by atoms with Gasteiger partial charge >= 0.3 is 5.97 Å². The molecule has 168 valence electrons. The maximum atomic E-state index is 12.4. The molecule has 1 aliphatic rings. The molecule has 1 N–H and O–H groups in total. The van der Waals surface area contributed by atoms with Crippen LogP contribution < -0.4 is 4.90 Å². The Balaban J connectivity index is 1.69. The van der Waals surface area contributed by atoms with Crippen molar-refractivity contribution in [3.8, 4) is 0 Å². The summed E-state index contributed by atoms with van der Waals surface area (Å²) in [5, 5.41) is 9.57. The number of sulfonamides is 1. The van der Waals surface area contributed by atoms with Gasteiger partial charge in [-0.2, -0.15) is 0 Å². The van der Waals surface area contributed by atoms with Crippen molar-refractivity contribution in [3.63, 3.8) is 0 Å². The molecule has 2 aromatic rings. The van der Waals surface area contributed by atoms with Crippen molar-refractivity contribution >= 4 is 21.8 Å². The Hall–Kier alpha value is -2.49. The molecule has 1 saturated heterocycles. The van der Waals surface area contributed by atoms with E-state index >= 15 is 0 Å². The van der Waals surface area contributed by atoms with Crippen molar-refractivity contribution in [2.24, 2.45) is 0 Å². The van der Waals surface area contributed by atoms with Crippen LogP contribution in [0.2, 0.25) is 0 Å². The molecular weight excluding hydrogens is 416 g/mol. The van der Waals surface area contributed by atoms with Crippen molar-refractivity contribution < 1.29 is 18.3 Å². The van der Waals surface area contributed by atoms with Crippen molar-refractivity contribution in [2.45, 2.75) is 30.7 Å². The quantitative estimate of drug-likeness (QED) is 0.664. The third-order valence-corrected chi connectivity index (χ3v) is 7.46. The van der Waals surface area contributed by atoms with Crippen LogP contribution in [-0.2, 0) is 21.4 Å². The first-order chi connectivity index (χ1) is 14.7. The van der Waals surface area contributed by atoms with E-state index in [1.54, 1.807) is 30.5 Å². The number of carboxylic acids is 1. The van der Waals surface area contributed by atoms with Crippen LogP contribution in [0, 0.1) is 0 Å². The second-order valence-electron chi connectivity index (χ2n) is 7.91. The second-order valence-corrected chi connectivity index (χ2v) is 10.1. The first-order valence-corrected chi connectivity index (χ1v) is 11.8. The summed E-state index contributed by atoms with van der Waals surface area (Å²) in [6.45, 7) is 5.56. The van der Waals surface area contributed by atoms with Crippen molar-refractivity contribution in [1.29, 1.82) is 0 Å². The lowest BCUT2D eigenvalue weighted by molar-refractivity contribution is -0.138. The van der Waals surface area contributed by atoms with Gasteiger partial charge < -0.3 is 10.0 Å². The maximum Gasteiger partial charge on any atom is 0.311 e. The van der Waals surface area contributed by atoms with E-state index in [2.05, 4.69) is 14.8 Å². The van der Waals surface area contributed by atoms with Crippen molar-refractivity contribution in [3.05, 3.63) is 53.7 Å². The fourth-order valence-corrected chi connectivity index (χ4v) is 4.84. The van der Waals surface area contributed by atoms with Crippen LogP contribution in [0.4, 0.5) is 5.82 Å². The second kappa shape index (κ2) is 9.76. The van der Waals surface area contributed by atoms with Gasteiger partial charge in [-0.05, 0) is 30.2 Å². The van der Waals surface area contributed by atoms with Gasteiger partial charge in [0.05, 0.1) is 10.8 Å². The Kier molecular flexibility index (Phi) is 7.30. The van der Waals surface area contributed by atoms with Gasteiger partial charge in [0, 0.05) is 58.6 Å². The van der Waals surface area contributed by atoms with Gasteiger partial charge in [-0.3, -0.25) is 9.69 Å². The molecule has 1 aliphatic heterocycles. The summed E-state index contributed by atoms with van der Waals surface area (Å²) in [5.41, 5.74) is 1.71. The number of rotatable bonds is 8. The van der Waals surface area contributed by atoms with E-state index in [9.17, 15) is 18.3 Å². The number of hydrogen-bond acceptors (Lipinski definition) is 6. The summed E-state index contributed by atoms with van der Waals surface area (Å²) in [5.74, 6) is -0.651. The number of piperazine rings is 1. The molecule has 8 nitrogen and oxygen atoms in total. The van der Waals surface area contributed by atoms with E-state index in [4.69, 9.17) is 0 Å². The van der Waals surface area contributed by atoms with Crippen LogP contribution >= 0.6 is 0 Å². The van der Waals surface area contributed by atoms with Crippen LogP contribution in [0.25, 0.3) is 0 Å². The van der Waals surface area contributed by atoms with Gasteiger partial charge in [0.15, 0.2) is 0 Å². The fourth-order valence-electron chi connectivity index (χ4n) is 3.86. The number of aromatic nitrogens is 1. The summed E-state index contributed by atoms with van der Waals surface area (Å²) in [6.07, 6.45) is 2.22. The van der Waals surface area contributed by atoms with E-state index < -0.39 is 21.9 Å². The highest BCUT2D eigenvalue weighted by Crippen LogP contribution is 2.29. The maximum absolute atomic E-state index is 12.4. The highest BCUT2D eigenvalue weighted by Gasteiger charge is 2.26. The van der Waals surface area contributed by atoms with Crippen molar-refractivity contribution in [1.82, 2.24) is 14.2 Å². The highest BCUT2D eigenvalue weighted by atomic mass is 32.2. The summed E-state index contributed by atoms with van der Waals surface area (Å²) in [4.78, 5) is 20.9. The molecule has 1 unspecified atom stereocenters. The number of carboxylic acid groups (broad SMARTS) is 1. The Morgan fingerprint density at radius 3 is 2.48 bits per heavy atom. The molecule has 1 aromatic heterocycles. The molecule has 9 heteroatoms. The van der Waals surface area contributed by atoms with E-state index in [-0.39, 0.29) is 0 Å². The molecule has 0 bridgehead atoms. The smallest absolute Gasteiger partial charge is 0.311 e. The molecule has 3 rings (SSSR count). The third-order valence-electron chi connectivity index (χ3n) is 5.65. The van der Waals surface area contributed by atoms with Gasteiger partial charge in [0.25, 0.3) is 0 Å². The monoisotopic (exact) mass is 446 g/mol. The lowest BCUT2D eigenvalue weighted by atomic mass is 9.96. The number of anilines is 1. The predicted octanol–water partition coefficient (Wildman–Crippen LogP) is 2.23. The third kappa shape index (κ3) is 5.23. The average Bonchev–Trinajstić information content (AvgIpc) is 2.75.